The van der Waals surface area contributed by atoms with Crippen LogP contribution in [0.3, 0.4) is 0 Å². The Morgan fingerprint density at radius 2 is 2.33 bits per heavy atom. The number of hydrogen-bond acceptors (Lipinski definition) is 5. The Morgan fingerprint density at radius 3 is 2.87 bits per heavy atom. The fourth-order valence-electron chi connectivity index (χ4n) is 0.980. The SMILES string of the molecule is N/C(=C\N(N)CC(=O)O)c1ccccn1. The second-order valence-electron chi connectivity index (χ2n) is 2.87. The van der Waals surface area contributed by atoms with Gasteiger partial charge in [0.05, 0.1) is 11.4 Å². The van der Waals surface area contributed by atoms with E-state index in [0.717, 1.165) is 5.01 Å². The number of aromatic nitrogens is 1. The summed E-state index contributed by atoms with van der Waals surface area (Å²) in [6, 6.07) is 5.25. The van der Waals surface area contributed by atoms with E-state index in [1.165, 1.54) is 6.20 Å². The summed E-state index contributed by atoms with van der Waals surface area (Å²) in [6.07, 6.45) is 2.92. The van der Waals surface area contributed by atoms with E-state index < -0.39 is 5.97 Å². The molecule has 80 valence electrons. The van der Waals surface area contributed by atoms with Crippen LogP contribution in [0.5, 0.6) is 0 Å². The van der Waals surface area contributed by atoms with E-state index in [1.54, 1.807) is 24.4 Å². The van der Waals surface area contributed by atoms with Gasteiger partial charge in [-0.2, -0.15) is 0 Å². The highest BCUT2D eigenvalue weighted by atomic mass is 16.4. The zero-order chi connectivity index (χ0) is 11.3. The second-order valence-corrected chi connectivity index (χ2v) is 2.87. The molecule has 5 N–H and O–H groups in total. The quantitative estimate of drug-likeness (QED) is 0.459. The molecule has 0 bridgehead atoms. The van der Waals surface area contributed by atoms with Crippen molar-refractivity contribution in [1.29, 1.82) is 0 Å². The lowest BCUT2D eigenvalue weighted by atomic mass is 10.3. The second kappa shape index (κ2) is 4.97. The van der Waals surface area contributed by atoms with Gasteiger partial charge in [-0.1, -0.05) is 6.07 Å². The summed E-state index contributed by atoms with van der Waals surface area (Å²) in [5, 5.41) is 9.45. The lowest BCUT2D eigenvalue weighted by molar-refractivity contribution is -0.137. The summed E-state index contributed by atoms with van der Waals surface area (Å²) in [5.41, 5.74) is 6.53. The molecule has 1 aromatic rings. The molecule has 0 aliphatic rings. The largest absolute Gasteiger partial charge is 0.480 e. The highest BCUT2D eigenvalue weighted by Crippen LogP contribution is 2.03. The molecule has 15 heavy (non-hydrogen) atoms. The van der Waals surface area contributed by atoms with E-state index in [9.17, 15) is 4.79 Å². The number of carboxylic acids is 1. The lowest BCUT2D eigenvalue weighted by Gasteiger charge is -2.11. The fourth-order valence-corrected chi connectivity index (χ4v) is 0.980. The maximum Gasteiger partial charge on any atom is 0.324 e. The number of hydrazine groups is 1. The number of pyridine rings is 1. The topological polar surface area (TPSA) is 105 Å². The molecule has 6 heteroatoms. The molecule has 0 amide bonds. The molecule has 0 atom stereocenters. The smallest absolute Gasteiger partial charge is 0.324 e. The summed E-state index contributed by atoms with van der Waals surface area (Å²) in [5.74, 6) is 4.36. The summed E-state index contributed by atoms with van der Waals surface area (Å²) < 4.78 is 0. The van der Waals surface area contributed by atoms with Crippen LogP contribution in [0.4, 0.5) is 0 Å². The van der Waals surface area contributed by atoms with Crippen molar-refractivity contribution in [1.82, 2.24) is 9.99 Å². The summed E-state index contributed by atoms with van der Waals surface area (Å²) >= 11 is 0. The minimum absolute atomic E-state index is 0.312. The zero-order valence-electron chi connectivity index (χ0n) is 8.00. The summed E-state index contributed by atoms with van der Waals surface area (Å²) in [6.45, 7) is -0.312. The van der Waals surface area contributed by atoms with Gasteiger partial charge in [-0.05, 0) is 12.1 Å². The number of carbonyl (C=O) groups is 1. The monoisotopic (exact) mass is 208 g/mol. The van der Waals surface area contributed by atoms with Gasteiger partial charge in [-0.15, -0.1) is 0 Å². The van der Waals surface area contributed by atoms with Crippen LogP contribution in [-0.4, -0.2) is 27.6 Å². The Bertz CT molecular complexity index is 364. The van der Waals surface area contributed by atoms with E-state index in [0.29, 0.717) is 11.4 Å². The van der Waals surface area contributed by atoms with Crippen LogP contribution in [0.1, 0.15) is 5.69 Å². The Labute approximate surface area is 86.8 Å². The normalized spacial score (nSPS) is 11.1. The predicted octanol–water partition coefficient (Wildman–Crippen LogP) is -0.401. The molecule has 1 heterocycles. The van der Waals surface area contributed by atoms with E-state index in [-0.39, 0.29) is 6.54 Å². The van der Waals surface area contributed by atoms with Crippen LogP contribution < -0.4 is 11.6 Å². The average Bonchev–Trinajstić information content (AvgIpc) is 2.17. The highest BCUT2D eigenvalue weighted by molar-refractivity contribution is 5.69. The third-order valence-corrected chi connectivity index (χ3v) is 1.58. The number of carboxylic acid groups (broad SMARTS) is 1. The van der Waals surface area contributed by atoms with E-state index in [1.807, 2.05) is 0 Å². The van der Waals surface area contributed by atoms with Crippen molar-refractivity contribution in [2.45, 2.75) is 0 Å². The summed E-state index contributed by atoms with van der Waals surface area (Å²) in [7, 11) is 0. The van der Waals surface area contributed by atoms with Gasteiger partial charge in [0.15, 0.2) is 0 Å². The van der Waals surface area contributed by atoms with Crippen molar-refractivity contribution in [3.05, 3.63) is 36.3 Å². The molecule has 0 unspecified atom stereocenters. The Morgan fingerprint density at radius 1 is 1.60 bits per heavy atom. The third-order valence-electron chi connectivity index (χ3n) is 1.58. The van der Waals surface area contributed by atoms with Gasteiger partial charge >= 0.3 is 5.97 Å². The van der Waals surface area contributed by atoms with Crippen LogP contribution in [-0.2, 0) is 4.79 Å². The maximum absolute atomic E-state index is 10.3. The van der Waals surface area contributed by atoms with Gasteiger partial charge in [0.2, 0.25) is 0 Å². The van der Waals surface area contributed by atoms with Gasteiger partial charge in [0.1, 0.15) is 6.54 Å². The minimum Gasteiger partial charge on any atom is -0.480 e. The first kappa shape index (κ1) is 11.0. The standard InChI is InChI=1S/C9H12N4O2/c10-7(5-13(11)6-9(14)15)8-3-1-2-4-12-8/h1-5H,6,10-11H2,(H,14,15)/b7-5-. The molecular weight excluding hydrogens is 196 g/mol. The first-order chi connectivity index (χ1) is 7.09. The molecule has 0 aliphatic heterocycles. The zero-order valence-corrected chi connectivity index (χ0v) is 8.00. The molecule has 6 nitrogen and oxygen atoms in total. The Kier molecular flexibility index (Phi) is 3.64. The van der Waals surface area contributed by atoms with Crippen LogP contribution in [0.15, 0.2) is 30.6 Å². The number of nitrogens with two attached hydrogens (primary N) is 2. The van der Waals surface area contributed by atoms with Crippen molar-refractivity contribution in [2.24, 2.45) is 11.6 Å². The Balaban J connectivity index is 2.71. The van der Waals surface area contributed by atoms with Crippen molar-refractivity contribution in [2.75, 3.05) is 6.54 Å². The molecule has 1 rings (SSSR count). The van der Waals surface area contributed by atoms with Crippen LogP contribution in [0.25, 0.3) is 5.70 Å². The number of rotatable bonds is 4. The maximum atomic E-state index is 10.3. The molecule has 0 fully saturated rings. The highest BCUT2D eigenvalue weighted by Gasteiger charge is 2.03. The number of hydrogen-bond donors (Lipinski definition) is 3. The average molecular weight is 208 g/mol. The fraction of sp³-hybridized carbons (Fsp3) is 0.111. The van der Waals surface area contributed by atoms with Crippen molar-refractivity contribution in [3.63, 3.8) is 0 Å². The lowest BCUT2D eigenvalue weighted by Crippen LogP contribution is -2.31. The van der Waals surface area contributed by atoms with Crippen molar-refractivity contribution in [3.8, 4) is 0 Å². The van der Waals surface area contributed by atoms with Gasteiger partial charge in [0, 0.05) is 12.4 Å². The molecular formula is C9H12N4O2. The van der Waals surface area contributed by atoms with E-state index in [2.05, 4.69) is 4.98 Å². The Hall–Kier alpha value is -2.08. The third kappa shape index (κ3) is 3.65. The van der Waals surface area contributed by atoms with Crippen LogP contribution >= 0.6 is 0 Å². The summed E-state index contributed by atoms with van der Waals surface area (Å²) in [4.78, 5) is 14.3. The van der Waals surface area contributed by atoms with E-state index >= 15 is 0 Å². The molecule has 0 aliphatic carbocycles. The predicted molar refractivity (Wildman–Crippen MR) is 54.9 cm³/mol. The number of nitrogens with zero attached hydrogens (tertiary/aromatic N) is 2. The molecule has 0 aromatic carbocycles. The first-order valence-corrected chi connectivity index (χ1v) is 4.21. The van der Waals surface area contributed by atoms with Gasteiger partial charge in [0.25, 0.3) is 0 Å². The minimum atomic E-state index is -1.03. The first-order valence-electron chi connectivity index (χ1n) is 4.21. The molecule has 0 saturated carbocycles. The molecule has 0 saturated heterocycles. The molecule has 1 aromatic heterocycles. The molecule has 0 spiro atoms. The van der Waals surface area contributed by atoms with Crippen molar-refractivity contribution >= 4 is 11.7 Å². The van der Waals surface area contributed by atoms with Crippen molar-refractivity contribution < 1.29 is 9.90 Å². The molecule has 0 radical (unpaired) electrons. The van der Waals surface area contributed by atoms with Gasteiger partial charge in [-0.3, -0.25) is 9.78 Å². The number of aliphatic carboxylic acids is 1. The van der Waals surface area contributed by atoms with Gasteiger partial charge in [-0.25, -0.2) is 5.84 Å². The van der Waals surface area contributed by atoms with Gasteiger partial charge < -0.3 is 15.8 Å². The van der Waals surface area contributed by atoms with Crippen LogP contribution in [0.2, 0.25) is 0 Å². The van der Waals surface area contributed by atoms with E-state index in [4.69, 9.17) is 16.7 Å². The van der Waals surface area contributed by atoms with Crippen LogP contribution in [0, 0.1) is 0 Å².